The average Bonchev–Trinajstić information content (AvgIpc) is 3.69. The molecule has 0 fully saturated rings. The van der Waals surface area contributed by atoms with Crippen LogP contribution < -0.4 is 54.4 Å². The number of aryl methyl sites for hydroxylation is 2. The van der Waals surface area contributed by atoms with Gasteiger partial charge in [-0.05, 0) is 51.6 Å². The van der Waals surface area contributed by atoms with E-state index in [1.807, 2.05) is 0 Å². The molecule has 0 saturated heterocycles. The Morgan fingerprint density at radius 3 is 1.24 bits per heavy atom. The molecule has 2 aromatic heterocycles. The molecule has 0 aliphatic carbocycles. The number of carbonyl (C=O) groups excluding carboxylic acids is 6. The Balaban J connectivity index is 0.000000962. The number of carbonyl (C=O) groups is 6. The SMILES string of the molecule is Cn1cncc1C[C@H](NC(=O)CN)C(=O)N[C@@H](CCCCN)C(=O)[O-].Cn1cncc1C[C@H](NC(=O)CN)C(=O)N[C@@H](CCCCN)C(=O)[O-].[Cu+2]. The normalized spacial score (nSPS) is 12.8. The second kappa shape index (κ2) is 25.5. The van der Waals surface area contributed by atoms with Gasteiger partial charge in [0.05, 0.1) is 49.8 Å². The van der Waals surface area contributed by atoms with Gasteiger partial charge in [0.1, 0.15) is 12.1 Å². The molecule has 2 aromatic rings. The van der Waals surface area contributed by atoms with Crippen LogP contribution in [-0.4, -0.2) is 105 Å². The smallest absolute Gasteiger partial charge is 0.548 e. The van der Waals surface area contributed by atoms with Crippen molar-refractivity contribution in [2.24, 2.45) is 37.0 Å². The third-order valence-corrected chi connectivity index (χ3v) is 7.43. The number of nitrogens with one attached hydrogen (secondary N) is 4. The number of nitrogens with two attached hydrogens (primary N) is 4. The topological polar surface area (TPSA) is 336 Å². The van der Waals surface area contributed by atoms with Gasteiger partial charge in [0.2, 0.25) is 23.6 Å². The summed E-state index contributed by atoms with van der Waals surface area (Å²) in [5.41, 5.74) is 22.7. The molecule has 0 bridgehead atoms. The Hall–Kier alpha value is -4.40. The Kier molecular flexibility index (Phi) is 23.3. The molecule has 4 atom stereocenters. The first-order valence-electron chi connectivity index (χ1n) is 16.1. The molecule has 1 radical (unpaired) electrons. The summed E-state index contributed by atoms with van der Waals surface area (Å²) in [6.45, 7) is 0.304. The van der Waals surface area contributed by atoms with Gasteiger partial charge in [-0.25, -0.2) is 9.97 Å². The van der Waals surface area contributed by atoms with Crippen LogP contribution in [0.5, 0.6) is 0 Å². The van der Waals surface area contributed by atoms with Gasteiger partial charge < -0.3 is 73.1 Å². The predicted octanol–water partition coefficient (Wildman–Crippen LogP) is -6.46. The van der Waals surface area contributed by atoms with Crippen LogP contribution in [0.15, 0.2) is 25.0 Å². The third kappa shape index (κ3) is 17.9. The van der Waals surface area contributed by atoms with Gasteiger partial charge >= 0.3 is 17.1 Å². The number of unbranched alkanes of at least 4 members (excludes halogenated alkanes) is 2. The number of nitrogens with zero attached hydrogens (tertiary/aromatic N) is 4. The Morgan fingerprint density at radius 1 is 0.627 bits per heavy atom. The fraction of sp³-hybridized carbons (Fsp3) is 0.600. The number of aliphatic carboxylic acids is 2. The van der Waals surface area contributed by atoms with E-state index in [0.29, 0.717) is 50.2 Å². The van der Waals surface area contributed by atoms with Crippen molar-refractivity contribution >= 4 is 35.6 Å². The van der Waals surface area contributed by atoms with Crippen molar-refractivity contribution in [3.8, 4) is 0 Å². The Labute approximate surface area is 306 Å². The van der Waals surface area contributed by atoms with Crippen molar-refractivity contribution in [2.45, 2.75) is 75.5 Å². The summed E-state index contributed by atoms with van der Waals surface area (Å²) in [6.07, 6.45) is 9.31. The van der Waals surface area contributed by atoms with Crippen molar-refractivity contribution < 1.29 is 56.0 Å². The van der Waals surface area contributed by atoms with E-state index in [4.69, 9.17) is 22.9 Å². The van der Waals surface area contributed by atoms with Crippen molar-refractivity contribution in [1.82, 2.24) is 40.4 Å². The van der Waals surface area contributed by atoms with Crippen LogP contribution in [0, 0.1) is 0 Å². The second-order valence-electron chi connectivity index (χ2n) is 11.4. The van der Waals surface area contributed by atoms with E-state index in [2.05, 4.69) is 31.2 Å². The van der Waals surface area contributed by atoms with Crippen LogP contribution in [0.2, 0.25) is 0 Å². The molecule has 0 aromatic carbocycles. The molecule has 4 amide bonds. The van der Waals surface area contributed by atoms with Gasteiger partial charge in [-0.1, -0.05) is 0 Å². The summed E-state index contributed by atoms with van der Waals surface area (Å²) >= 11 is 0. The van der Waals surface area contributed by atoms with Crippen LogP contribution in [0.25, 0.3) is 0 Å². The maximum atomic E-state index is 12.5. The molecule has 21 heteroatoms. The predicted molar refractivity (Wildman–Crippen MR) is 175 cm³/mol. The van der Waals surface area contributed by atoms with Crippen LogP contribution in [0.3, 0.4) is 0 Å². The molecule has 0 aliphatic heterocycles. The number of hydrogen-bond acceptors (Lipinski definition) is 14. The van der Waals surface area contributed by atoms with E-state index in [1.54, 1.807) is 48.3 Å². The maximum absolute atomic E-state index is 12.5. The molecular formula is C30H50CuN12O8. The molecule has 2 heterocycles. The number of hydrogen-bond donors (Lipinski definition) is 8. The standard InChI is InChI=1S/2C15H26N6O4.Cu/c2*1-21-9-18-8-10(21)6-12(19-13(22)7-17)14(23)20-11(15(24)25)4-2-3-5-16;/h2*8-9,11-12H,2-7,16-17H2,1H3,(H,19,22)(H,20,23)(H,24,25);/q;;+2/p-2/t2*11-,12-;/m00./s1. The first-order valence-corrected chi connectivity index (χ1v) is 16.1. The van der Waals surface area contributed by atoms with Gasteiger partial charge in [0, 0.05) is 50.7 Å². The van der Waals surface area contributed by atoms with Crippen LogP contribution >= 0.6 is 0 Å². The number of carboxylic acid groups (broad SMARTS) is 2. The number of imidazole rings is 2. The molecule has 12 N–H and O–H groups in total. The summed E-state index contributed by atoms with van der Waals surface area (Å²) in [5, 5.41) is 32.3. The minimum atomic E-state index is -1.38. The van der Waals surface area contributed by atoms with Gasteiger partial charge in [-0.3, -0.25) is 19.2 Å². The van der Waals surface area contributed by atoms with Crippen LogP contribution in [0.4, 0.5) is 0 Å². The number of amides is 4. The minimum absolute atomic E-state index is 0. The maximum Gasteiger partial charge on any atom is 2.00 e. The summed E-state index contributed by atoms with van der Waals surface area (Å²) in [4.78, 5) is 78.5. The van der Waals surface area contributed by atoms with Crippen LogP contribution in [0.1, 0.15) is 49.9 Å². The van der Waals surface area contributed by atoms with Crippen LogP contribution in [-0.2, 0) is 72.8 Å². The second-order valence-corrected chi connectivity index (χ2v) is 11.4. The molecule has 20 nitrogen and oxygen atoms in total. The van der Waals surface area contributed by atoms with Crippen molar-refractivity contribution in [3.05, 3.63) is 36.4 Å². The monoisotopic (exact) mass is 769 g/mol. The molecule has 0 aliphatic rings. The van der Waals surface area contributed by atoms with Crippen molar-refractivity contribution in [2.75, 3.05) is 26.2 Å². The molecule has 0 unspecified atom stereocenters. The number of carboxylic acids is 2. The zero-order valence-electron chi connectivity index (χ0n) is 28.8. The van der Waals surface area contributed by atoms with E-state index < -0.39 is 59.7 Å². The Morgan fingerprint density at radius 2 is 0.980 bits per heavy atom. The molecule has 289 valence electrons. The fourth-order valence-electron chi connectivity index (χ4n) is 4.53. The summed E-state index contributed by atoms with van der Waals surface area (Å²) in [5.74, 6) is -5.04. The molecular weight excluding hydrogens is 720 g/mol. The van der Waals surface area contributed by atoms with E-state index >= 15 is 0 Å². The fourth-order valence-corrected chi connectivity index (χ4v) is 4.53. The first kappa shape index (κ1) is 46.6. The molecule has 51 heavy (non-hydrogen) atoms. The van der Waals surface area contributed by atoms with Gasteiger partial charge in [-0.15, -0.1) is 0 Å². The van der Waals surface area contributed by atoms with Crippen molar-refractivity contribution in [3.63, 3.8) is 0 Å². The van der Waals surface area contributed by atoms with Gasteiger partial charge in [-0.2, -0.15) is 0 Å². The first-order chi connectivity index (χ1) is 23.8. The summed E-state index contributed by atoms with van der Waals surface area (Å²) in [7, 11) is 3.50. The summed E-state index contributed by atoms with van der Waals surface area (Å²) in [6, 6.07) is -4.24. The molecule has 0 spiro atoms. The van der Waals surface area contributed by atoms with Gasteiger partial charge in [0.15, 0.2) is 0 Å². The number of aromatic nitrogens is 4. The van der Waals surface area contributed by atoms with E-state index in [0.717, 1.165) is 0 Å². The third-order valence-electron chi connectivity index (χ3n) is 7.43. The van der Waals surface area contributed by atoms with E-state index in [-0.39, 0.29) is 55.8 Å². The molecule has 0 saturated carbocycles. The van der Waals surface area contributed by atoms with Gasteiger partial charge in [0.25, 0.3) is 0 Å². The van der Waals surface area contributed by atoms with E-state index in [1.165, 1.54) is 0 Å². The summed E-state index contributed by atoms with van der Waals surface area (Å²) < 4.78 is 3.40. The van der Waals surface area contributed by atoms with E-state index in [9.17, 15) is 39.0 Å². The quantitative estimate of drug-likeness (QED) is 0.0408. The minimum Gasteiger partial charge on any atom is -0.548 e. The zero-order chi connectivity index (χ0) is 37.6. The largest absolute Gasteiger partial charge is 2.00 e. The number of rotatable bonds is 22. The Bertz CT molecular complexity index is 1290. The van der Waals surface area contributed by atoms with Crippen molar-refractivity contribution in [1.29, 1.82) is 0 Å². The average molecular weight is 770 g/mol. The zero-order valence-corrected chi connectivity index (χ0v) is 29.7. The molecule has 2 rings (SSSR count).